The molecular formula is C23H26FN3O2. The van der Waals surface area contributed by atoms with Crippen LogP contribution >= 0.6 is 0 Å². The molecule has 2 aromatic carbocycles. The smallest absolute Gasteiger partial charge is 0.252 e. The third-order valence-electron chi connectivity index (χ3n) is 5.73. The fourth-order valence-corrected chi connectivity index (χ4v) is 4.12. The molecule has 1 unspecified atom stereocenters. The Labute approximate surface area is 169 Å². The third kappa shape index (κ3) is 4.40. The zero-order valence-electron chi connectivity index (χ0n) is 16.6. The SMILES string of the molecule is Cc1cccc(C(CO)N2CCN(Cc3cc4ccc(F)cc4[nH]c3=O)CC2)c1. The third-order valence-corrected chi connectivity index (χ3v) is 5.73. The normalized spacial score (nSPS) is 16.9. The molecule has 29 heavy (non-hydrogen) atoms. The number of aliphatic hydroxyl groups excluding tert-OH is 1. The number of rotatable bonds is 5. The number of pyridine rings is 1. The van der Waals surface area contributed by atoms with Crippen molar-refractivity contribution in [1.82, 2.24) is 14.8 Å². The summed E-state index contributed by atoms with van der Waals surface area (Å²) >= 11 is 0. The number of aromatic amines is 1. The minimum Gasteiger partial charge on any atom is -0.394 e. The van der Waals surface area contributed by atoms with Crippen LogP contribution in [0.2, 0.25) is 0 Å². The average molecular weight is 395 g/mol. The molecule has 0 saturated carbocycles. The molecule has 0 amide bonds. The molecule has 0 bridgehead atoms. The zero-order valence-corrected chi connectivity index (χ0v) is 16.6. The van der Waals surface area contributed by atoms with E-state index in [9.17, 15) is 14.3 Å². The fraction of sp³-hybridized carbons (Fsp3) is 0.348. The quantitative estimate of drug-likeness (QED) is 0.698. The first-order valence-corrected chi connectivity index (χ1v) is 9.99. The Morgan fingerprint density at radius 1 is 1.10 bits per heavy atom. The lowest BCUT2D eigenvalue weighted by Gasteiger charge is -2.39. The number of piperazine rings is 1. The Kier molecular flexibility index (Phi) is 5.76. The second-order valence-electron chi connectivity index (χ2n) is 7.78. The average Bonchev–Trinajstić information content (AvgIpc) is 2.71. The summed E-state index contributed by atoms with van der Waals surface area (Å²) in [5.41, 5.74) is 3.37. The molecule has 2 N–H and O–H groups in total. The lowest BCUT2D eigenvalue weighted by atomic mass is 10.0. The summed E-state index contributed by atoms with van der Waals surface area (Å²) < 4.78 is 13.4. The van der Waals surface area contributed by atoms with Gasteiger partial charge >= 0.3 is 0 Å². The summed E-state index contributed by atoms with van der Waals surface area (Å²) in [5, 5.41) is 10.8. The van der Waals surface area contributed by atoms with E-state index in [1.54, 1.807) is 6.07 Å². The van der Waals surface area contributed by atoms with Crippen LogP contribution in [0.5, 0.6) is 0 Å². The van der Waals surface area contributed by atoms with Crippen LogP contribution in [0.1, 0.15) is 22.7 Å². The lowest BCUT2D eigenvalue weighted by molar-refractivity contribution is 0.0620. The van der Waals surface area contributed by atoms with E-state index in [2.05, 4.69) is 39.9 Å². The van der Waals surface area contributed by atoms with Crippen LogP contribution in [-0.4, -0.2) is 52.7 Å². The van der Waals surface area contributed by atoms with Gasteiger partial charge in [-0.3, -0.25) is 14.6 Å². The topological polar surface area (TPSA) is 59.6 Å². The number of aliphatic hydroxyl groups is 1. The summed E-state index contributed by atoms with van der Waals surface area (Å²) in [6.07, 6.45) is 0. The number of hydrogen-bond donors (Lipinski definition) is 2. The van der Waals surface area contributed by atoms with E-state index in [1.807, 2.05) is 12.1 Å². The summed E-state index contributed by atoms with van der Waals surface area (Å²) in [6, 6.07) is 14.6. The van der Waals surface area contributed by atoms with Crippen LogP contribution in [-0.2, 0) is 6.54 Å². The zero-order chi connectivity index (χ0) is 20.4. The van der Waals surface area contributed by atoms with Gasteiger partial charge in [0.25, 0.3) is 5.56 Å². The van der Waals surface area contributed by atoms with Gasteiger partial charge in [0.2, 0.25) is 0 Å². The molecule has 0 spiro atoms. The van der Waals surface area contributed by atoms with Crippen molar-refractivity contribution < 1.29 is 9.50 Å². The Balaban J connectivity index is 1.43. The molecule has 0 radical (unpaired) electrons. The predicted molar refractivity (Wildman–Crippen MR) is 112 cm³/mol. The number of nitrogens with zero attached hydrogens (tertiary/aromatic N) is 2. The van der Waals surface area contributed by atoms with Crippen LogP contribution in [0.4, 0.5) is 4.39 Å². The van der Waals surface area contributed by atoms with Gasteiger partial charge in [-0.15, -0.1) is 0 Å². The highest BCUT2D eigenvalue weighted by atomic mass is 19.1. The van der Waals surface area contributed by atoms with Crippen molar-refractivity contribution in [3.05, 3.63) is 81.4 Å². The number of aromatic nitrogens is 1. The molecule has 1 fully saturated rings. The van der Waals surface area contributed by atoms with Crippen molar-refractivity contribution in [3.63, 3.8) is 0 Å². The molecule has 1 aromatic heterocycles. The Hall–Kier alpha value is -2.54. The Morgan fingerprint density at radius 2 is 1.90 bits per heavy atom. The molecule has 3 aromatic rings. The maximum absolute atomic E-state index is 13.4. The van der Waals surface area contributed by atoms with Crippen LogP contribution in [0.3, 0.4) is 0 Å². The molecular weight excluding hydrogens is 369 g/mol. The second kappa shape index (κ2) is 8.45. The van der Waals surface area contributed by atoms with Crippen LogP contribution in [0, 0.1) is 12.7 Å². The van der Waals surface area contributed by atoms with Crippen LogP contribution < -0.4 is 5.56 Å². The first kappa shape index (κ1) is 19.8. The minimum absolute atomic E-state index is 0.00369. The first-order chi connectivity index (χ1) is 14.0. The maximum atomic E-state index is 13.4. The summed E-state index contributed by atoms with van der Waals surface area (Å²) in [7, 11) is 0. The van der Waals surface area contributed by atoms with Gasteiger partial charge in [0, 0.05) is 38.3 Å². The van der Waals surface area contributed by atoms with Gasteiger partial charge in [-0.25, -0.2) is 4.39 Å². The number of aryl methyl sites for hydroxylation is 1. The fourth-order valence-electron chi connectivity index (χ4n) is 4.12. The van der Waals surface area contributed by atoms with Gasteiger partial charge in [0.1, 0.15) is 5.82 Å². The molecule has 1 atom stereocenters. The van der Waals surface area contributed by atoms with Crippen molar-refractivity contribution in [2.45, 2.75) is 19.5 Å². The molecule has 2 heterocycles. The molecule has 4 rings (SSSR count). The Bertz CT molecular complexity index is 1060. The van der Waals surface area contributed by atoms with Gasteiger partial charge in [0.15, 0.2) is 0 Å². The lowest BCUT2D eigenvalue weighted by Crippen LogP contribution is -2.48. The van der Waals surface area contributed by atoms with E-state index >= 15 is 0 Å². The van der Waals surface area contributed by atoms with Crippen molar-refractivity contribution in [3.8, 4) is 0 Å². The number of hydrogen-bond acceptors (Lipinski definition) is 4. The highest BCUT2D eigenvalue weighted by molar-refractivity contribution is 5.78. The van der Waals surface area contributed by atoms with Gasteiger partial charge < -0.3 is 10.1 Å². The maximum Gasteiger partial charge on any atom is 0.252 e. The highest BCUT2D eigenvalue weighted by Gasteiger charge is 2.25. The van der Waals surface area contributed by atoms with Crippen molar-refractivity contribution in [2.75, 3.05) is 32.8 Å². The highest BCUT2D eigenvalue weighted by Crippen LogP contribution is 2.23. The van der Waals surface area contributed by atoms with Gasteiger partial charge in [-0.2, -0.15) is 0 Å². The monoisotopic (exact) mass is 395 g/mol. The molecule has 1 aliphatic heterocycles. The standard InChI is InChI=1S/C23H26FN3O2/c1-16-3-2-4-18(11-16)22(15-28)27-9-7-26(8-10-27)14-19-12-17-5-6-20(24)13-21(17)25-23(19)29/h2-6,11-13,22,28H,7-10,14-15H2,1H3,(H,25,29). The second-order valence-corrected chi connectivity index (χ2v) is 7.78. The number of nitrogens with one attached hydrogen (secondary N) is 1. The number of H-pyrrole nitrogens is 1. The molecule has 5 nitrogen and oxygen atoms in total. The number of benzene rings is 2. The Morgan fingerprint density at radius 3 is 2.62 bits per heavy atom. The van der Waals surface area contributed by atoms with Gasteiger partial charge in [-0.1, -0.05) is 29.8 Å². The van der Waals surface area contributed by atoms with E-state index < -0.39 is 0 Å². The number of fused-ring (bicyclic) bond motifs is 1. The molecule has 1 saturated heterocycles. The summed E-state index contributed by atoms with van der Waals surface area (Å²) in [5.74, 6) is -0.357. The van der Waals surface area contributed by atoms with Crippen LogP contribution in [0.25, 0.3) is 10.9 Å². The summed E-state index contributed by atoms with van der Waals surface area (Å²) in [6.45, 7) is 6.01. The first-order valence-electron chi connectivity index (χ1n) is 9.99. The largest absolute Gasteiger partial charge is 0.394 e. The molecule has 152 valence electrons. The van der Waals surface area contributed by atoms with E-state index in [4.69, 9.17) is 0 Å². The van der Waals surface area contributed by atoms with Crippen molar-refractivity contribution >= 4 is 10.9 Å². The molecule has 1 aliphatic rings. The minimum atomic E-state index is -0.357. The van der Waals surface area contributed by atoms with Crippen molar-refractivity contribution in [1.29, 1.82) is 0 Å². The molecule has 0 aliphatic carbocycles. The van der Waals surface area contributed by atoms with Crippen molar-refractivity contribution in [2.24, 2.45) is 0 Å². The molecule has 6 heteroatoms. The van der Waals surface area contributed by atoms with E-state index in [0.29, 0.717) is 17.6 Å². The van der Waals surface area contributed by atoms with Crippen LogP contribution in [0.15, 0.2) is 53.3 Å². The van der Waals surface area contributed by atoms with Gasteiger partial charge in [-0.05, 0) is 42.1 Å². The van der Waals surface area contributed by atoms with E-state index in [-0.39, 0.29) is 24.0 Å². The van der Waals surface area contributed by atoms with E-state index in [0.717, 1.165) is 37.1 Å². The van der Waals surface area contributed by atoms with E-state index in [1.165, 1.54) is 17.7 Å². The number of halogens is 1. The van der Waals surface area contributed by atoms with Gasteiger partial charge in [0.05, 0.1) is 18.2 Å². The predicted octanol–water partition coefficient (Wildman–Crippen LogP) is 2.83. The summed E-state index contributed by atoms with van der Waals surface area (Å²) in [4.78, 5) is 19.7.